The van der Waals surface area contributed by atoms with E-state index in [2.05, 4.69) is 20.8 Å². The summed E-state index contributed by atoms with van der Waals surface area (Å²) in [6.07, 6.45) is 1.04. The lowest BCUT2D eigenvalue weighted by molar-refractivity contribution is 0.0559. The van der Waals surface area contributed by atoms with Gasteiger partial charge in [-0.3, -0.25) is 0 Å². The van der Waals surface area contributed by atoms with Crippen LogP contribution in [-0.4, -0.2) is 13.3 Å². The van der Waals surface area contributed by atoms with E-state index in [0.29, 0.717) is 11.8 Å². The van der Waals surface area contributed by atoms with Crippen LogP contribution in [0.2, 0.25) is 0 Å². The zero-order valence-corrected chi connectivity index (χ0v) is 7.42. The van der Waals surface area contributed by atoms with Crippen LogP contribution < -0.4 is 5.73 Å². The van der Waals surface area contributed by atoms with E-state index in [9.17, 15) is 0 Å². The van der Waals surface area contributed by atoms with Gasteiger partial charge in [0.25, 0.3) is 0 Å². The largest absolute Gasteiger partial charge is 0.367 e. The maximum Gasteiger partial charge on any atom is 0.107 e. The molecule has 0 amide bonds. The van der Waals surface area contributed by atoms with E-state index >= 15 is 0 Å². The molecule has 0 aliphatic carbocycles. The zero-order chi connectivity index (χ0) is 8.15. The van der Waals surface area contributed by atoms with Gasteiger partial charge in [-0.2, -0.15) is 0 Å². The van der Waals surface area contributed by atoms with Crippen LogP contribution in [0, 0.1) is 11.8 Å². The Labute approximate surface area is 63.7 Å². The van der Waals surface area contributed by atoms with Crippen molar-refractivity contribution in [2.45, 2.75) is 33.4 Å². The highest BCUT2D eigenvalue weighted by atomic mass is 16.5. The number of hydrogen-bond acceptors (Lipinski definition) is 2. The van der Waals surface area contributed by atoms with Crippen molar-refractivity contribution < 1.29 is 4.74 Å². The van der Waals surface area contributed by atoms with Crippen LogP contribution in [0.5, 0.6) is 0 Å². The summed E-state index contributed by atoms with van der Waals surface area (Å²) in [7, 11) is 1.65. The summed E-state index contributed by atoms with van der Waals surface area (Å²) in [5.41, 5.74) is 5.64. The van der Waals surface area contributed by atoms with Gasteiger partial charge in [-0.15, -0.1) is 0 Å². The lowest BCUT2D eigenvalue weighted by Crippen LogP contribution is -2.30. The van der Waals surface area contributed by atoms with E-state index in [1.54, 1.807) is 7.11 Å². The molecule has 0 spiro atoms. The minimum absolute atomic E-state index is 0.0950. The van der Waals surface area contributed by atoms with Gasteiger partial charge in [0.05, 0.1) is 0 Å². The zero-order valence-electron chi connectivity index (χ0n) is 7.42. The van der Waals surface area contributed by atoms with Crippen LogP contribution in [0.4, 0.5) is 0 Å². The van der Waals surface area contributed by atoms with Crippen LogP contribution in [0.25, 0.3) is 0 Å². The summed E-state index contributed by atoms with van der Waals surface area (Å²) in [4.78, 5) is 0. The van der Waals surface area contributed by atoms with Gasteiger partial charge in [0.1, 0.15) is 6.23 Å². The van der Waals surface area contributed by atoms with Gasteiger partial charge in [0, 0.05) is 7.11 Å². The Morgan fingerprint density at radius 2 is 1.80 bits per heavy atom. The fourth-order valence-corrected chi connectivity index (χ4v) is 1.11. The third kappa shape index (κ3) is 3.85. The Kier molecular flexibility index (Phi) is 4.65. The minimum atomic E-state index is -0.0950. The number of rotatable bonds is 4. The van der Waals surface area contributed by atoms with Crippen LogP contribution in [0.3, 0.4) is 0 Å². The van der Waals surface area contributed by atoms with E-state index in [1.165, 1.54) is 0 Å². The molecule has 0 aromatic carbocycles. The first kappa shape index (κ1) is 9.92. The van der Waals surface area contributed by atoms with Crippen LogP contribution in [0.1, 0.15) is 27.2 Å². The third-order valence-corrected chi connectivity index (χ3v) is 1.68. The second kappa shape index (κ2) is 4.69. The lowest BCUT2D eigenvalue weighted by Gasteiger charge is -2.19. The van der Waals surface area contributed by atoms with E-state index < -0.39 is 0 Å². The monoisotopic (exact) mass is 145 g/mol. The van der Waals surface area contributed by atoms with Crippen LogP contribution >= 0.6 is 0 Å². The van der Waals surface area contributed by atoms with Gasteiger partial charge in [-0.1, -0.05) is 20.8 Å². The van der Waals surface area contributed by atoms with Gasteiger partial charge in [0.2, 0.25) is 0 Å². The van der Waals surface area contributed by atoms with Crippen LogP contribution in [0.15, 0.2) is 0 Å². The Morgan fingerprint density at radius 1 is 1.30 bits per heavy atom. The van der Waals surface area contributed by atoms with E-state index in [0.717, 1.165) is 6.42 Å². The van der Waals surface area contributed by atoms with Crippen molar-refractivity contribution in [2.75, 3.05) is 7.11 Å². The van der Waals surface area contributed by atoms with Gasteiger partial charge in [0.15, 0.2) is 0 Å². The highest BCUT2D eigenvalue weighted by molar-refractivity contribution is 4.60. The molecule has 0 aliphatic rings. The van der Waals surface area contributed by atoms with Gasteiger partial charge in [-0.05, 0) is 18.3 Å². The van der Waals surface area contributed by atoms with Gasteiger partial charge < -0.3 is 10.5 Å². The number of nitrogens with two attached hydrogens (primary N) is 1. The summed E-state index contributed by atoms with van der Waals surface area (Å²) in [6, 6.07) is 0. The molecule has 2 atom stereocenters. The second-order valence-electron chi connectivity index (χ2n) is 3.31. The standard InChI is InChI=1S/C8H19NO/c1-6(2)5-7(3)8(9)10-4/h6-8H,5,9H2,1-4H3. The number of methoxy groups -OCH3 is 1. The Morgan fingerprint density at radius 3 is 2.10 bits per heavy atom. The van der Waals surface area contributed by atoms with Crippen molar-refractivity contribution in [3.05, 3.63) is 0 Å². The average Bonchev–Trinajstić information content (AvgIpc) is 1.85. The average molecular weight is 145 g/mol. The second-order valence-corrected chi connectivity index (χ2v) is 3.31. The molecular weight excluding hydrogens is 126 g/mol. The maximum atomic E-state index is 5.64. The summed E-state index contributed by atoms with van der Waals surface area (Å²) < 4.78 is 4.99. The van der Waals surface area contributed by atoms with E-state index in [-0.39, 0.29) is 6.23 Å². The molecule has 0 fully saturated rings. The molecule has 0 bridgehead atoms. The number of hydrogen-bond donors (Lipinski definition) is 1. The minimum Gasteiger partial charge on any atom is -0.367 e. The molecule has 2 N–H and O–H groups in total. The molecular formula is C8H19NO. The lowest BCUT2D eigenvalue weighted by atomic mass is 9.98. The van der Waals surface area contributed by atoms with E-state index in [1.807, 2.05) is 0 Å². The third-order valence-electron chi connectivity index (χ3n) is 1.68. The van der Waals surface area contributed by atoms with Crippen molar-refractivity contribution >= 4 is 0 Å². The molecule has 62 valence electrons. The molecule has 0 saturated heterocycles. The Hall–Kier alpha value is -0.0800. The van der Waals surface area contributed by atoms with Crippen molar-refractivity contribution in [3.8, 4) is 0 Å². The van der Waals surface area contributed by atoms with Crippen molar-refractivity contribution in [2.24, 2.45) is 17.6 Å². The SMILES string of the molecule is COC(N)C(C)CC(C)C. The molecule has 0 rings (SSSR count). The molecule has 10 heavy (non-hydrogen) atoms. The molecule has 0 aromatic heterocycles. The molecule has 0 aromatic rings. The first-order valence-corrected chi connectivity index (χ1v) is 3.86. The van der Waals surface area contributed by atoms with Gasteiger partial charge in [-0.25, -0.2) is 0 Å². The first-order valence-electron chi connectivity index (χ1n) is 3.86. The molecule has 0 heterocycles. The molecule has 2 heteroatoms. The molecule has 0 saturated carbocycles. The topological polar surface area (TPSA) is 35.2 Å². The van der Waals surface area contributed by atoms with E-state index in [4.69, 9.17) is 10.5 Å². The maximum absolute atomic E-state index is 5.64. The fraction of sp³-hybridized carbons (Fsp3) is 1.00. The predicted molar refractivity (Wildman–Crippen MR) is 43.6 cm³/mol. The number of ether oxygens (including phenoxy) is 1. The summed E-state index contributed by atoms with van der Waals surface area (Å²) in [5.74, 6) is 1.17. The highest BCUT2D eigenvalue weighted by Crippen LogP contribution is 2.13. The van der Waals surface area contributed by atoms with Crippen molar-refractivity contribution in [1.82, 2.24) is 0 Å². The Bertz CT molecular complexity index is 83.3. The molecule has 2 unspecified atom stereocenters. The van der Waals surface area contributed by atoms with Crippen LogP contribution in [-0.2, 0) is 4.74 Å². The fourth-order valence-electron chi connectivity index (χ4n) is 1.11. The highest BCUT2D eigenvalue weighted by Gasteiger charge is 2.12. The summed E-state index contributed by atoms with van der Waals surface area (Å²) in [5, 5.41) is 0. The van der Waals surface area contributed by atoms with Gasteiger partial charge >= 0.3 is 0 Å². The predicted octanol–water partition coefficient (Wildman–Crippen LogP) is 1.60. The molecule has 0 aliphatic heterocycles. The molecule has 0 radical (unpaired) electrons. The quantitative estimate of drug-likeness (QED) is 0.610. The van der Waals surface area contributed by atoms with Crippen molar-refractivity contribution in [3.63, 3.8) is 0 Å². The normalized spacial score (nSPS) is 17.4. The first-order chi connectivity index (χ1) is 4.57. The molecule has 2 nitrogen and oxygen atoms in total. The van der Waals surface area contributed by atoms with Crippen molar-refractivity contribution in [1.29, 1.82) is 0 Å². The summed E-state index contributed by atoms with van der Waals surface area (Å²) >= 11 is 0. The smallest absolute Gasteiger partial charge is 0.107 e. The Balaban J connectivity index is 3.50. The summed E-state index contributed by atoms with van der Waals surface area (Å²) in [6.45, 7) is 6.51.